The number of methoxy groups -OCH3 is 1. The molecular weight excluding hydrogens is 471 g/mol. The van der Waals surface area contributed by atoms with E-state index in [0.29, 0.717) is 22.7 Å². The van der Waals surface area contributed by atoms with Gasteiger partial charge in [0.25, 0.3) is 0 Å². The highest BCUT2D eigenvalue weighted by atomic mass is 35.5. The van der Waals surface area contributed by atoms with Gasteiger partial charge in [0.05, 0.1) is 17.7 Å². The smallest absolute Gasteiger partial charge is 0.339 e. The molecular formula is C26H34Cl2N4O2. The van der Waals surface area contributed by atoms with E-state index in [9.17, 15) is 4.79 Å². The van der Waals surface area contributed by atoms with Crippen LogP contribution < -0.4 is 4.90 Å². The van der Waals surface area contributed by atoms with Gasteiger partial charge >= 0.3 is 5.97 Å². The highest BCUT2D eigenvalue weighted by Gasteiger charge is 2.34. The van der Waals surface area contributed by atoms with Crippen LogP contribution in [-0.4, -0.2) is 72.7 Å². The molecule has 0 aliphatic carbocycles. The van der Waals surface area contributed by atoms with Crippen LogP contribution in [0.2, 0.25) is 10.0 Å². The SMILES string of the molecule is CC[C@H]1CN(c2ncc(C(=O)OC)cc2Cl)CCN1C1CCN(Cc2ccc(Cl)cc2C)CC1. The second kappa shape index (κ2) is 11.3. The Hall–Kier alpha value is -1.86. The van der Waals surface area contributed by atoms with Gasteiger partial charge in [0.15, 0.2) is 0 Å². The third kappa shape index (κ3) is 5.68. The lowest BCUT2D eigenvalue weighted by Crippen LogP contribution is -2.58. The monoisotopic (exact) mass is 504 g/mol. The van der Waals surface area contributed by atoms with Crippen molar-refractivity contribution < 1.29 is 9.53 Å². The average Bonchev–Trinajstić information content (AvgIpc) is 2.85. The van der Waals surface area contributed by atoms with E-state index in [1.807, 2.05) is 6.07 Å². The average molecular weight is 505 g/mol. The molecule has 2 saturated heterocycles. The number of piperidine rings is 1. The number of carbonyl (C=O) groups is 1. The molecule has 34 heavy (non-hydrogen) atoms. The van der Waals surface area contributed by atoms with E-state index in [2.05, 4.69) is 45.7 Å². The van der Waals surface area contributed by atoms with E-state index in [-0.39, 0.29) is 0 Å². The van der Waals surface area contributed by atoms with E-state index < -0.39 is 5.97 Å². The van der Waals surface area contributed by atoms with Crippen molar-refractivity contribution in [1.29, 1.82) is 0 Å². The number of aromatic nitrogens is 1. The van der Waals surface area contributed by atoms with Crippen molar-refractivity contribution in [3.63, 3.8) is 0 Å². The minimum absolute atomic E-state index is 0.377. The summed E-state index contributed by atoms with van der Waals surface area (Å²) in [5.41, 5.74) is 3.01. The number of hydrogen-bond acceptors (Lipinski definition) is 6. The zero-order valence-corrected chi connectivity index (χ0v) is 21.8. The number of carbonyl (C=O) groups excluding carboxylic acids is 1. The van der Waals surface area contributed by atoms with Crippen LogP contribution in [0.1, 0.15) is 47.7 Å². The zero-order valence-electron chi connectivity index (χ0n) is 20.3. The summed E-state index contributed by atoms with van der Waals surface area (Å²) in [6, 6.07) is 8.93. The van der Waals surface area contributed by atoms with Gasteiger partial charge in [-0.3, -0.25) is 9.80 Å². The number of hydrogen-bond donors (Lipinski definition) is 0. The molecule has 0 amide bonds. The maximum atomic E-state index is 11.8. The van der Waals surface area contributed by atoms with E-state index >= 15 is 0 Å². The molecule has 1 aromatic carbocycles. The highest BCUT2D eigenvalue weighted by Crippen LogP contribution is 2.30. The Morgan fingerprint density at radius 1 is 1.15 bits per heavy atom. The fourth-order valence-electron chi connectivity index (χ4n) is 5.29. The van der Waals surface area contributed by atoms with Gasteiger partial charge in [0, 0.05) is 49.5 Å². The highest BCUT2D eigenvalue weighted by molar-refractivity contribution is 6.33. The second-order valence-electron chi connectivity index (χ2n) is 9.35. The van der Waals surface area contributed by atoms with Gasteiger partial charge in [0.1, 0.15) is 5.82 Å². The van der Waals surface area contributed by atoms with Crippen molar-refractivity contribution in [2.45, 2.75) is 51.7 Å². The summed E-state index contributed by atoms with van der Waals surface area (Å²) in [5, 5.41) is 1.30. The molecule has 0 unspecified atom stereocenters. The Morgan fingerprint density at radius 3 is 2.56 bits per heavy atom. The fraction of sp³-hybridized carbons (Fsp3) is 0.538. The Bertz CT molecular complexity index is 1010. The molecule has 2 fully saturated rings. The molecule has 0 saturated carbocycles. The van der Waals surface area contributed by atoms with Gasteiger partial charge in [-0.2, -0.15) is 0 Å². The summed E-state index contributed by atoms with van der Waals surface area (Å²) in [4.78, 5) is 23.8. The number of halogens is 2. The number of esters is 1. The third-order valence-corrected chi connectivity index (χ3v) is 7.78. The number of ether oxygens (including phenoxy) is 1. The molecule has 2 aliphatic rings. The summed E-state index contributed by atoms with van der Waals surface area (Å²) in [5.74, 6) is 0.329. The minimum Gasteiger partial charge on any atom is -0.465 e. The number of nitrogens with zero attached hydrogens (tertiary/aromatic N) is 4. The van der Waals surface area contributed by atoms with Gasteiger partial charge in [-0.15, -0.1) is 0 Å². The van der Waals surface area contributed by atoms with Gasteiger partial charge < -0.3 is 9.64 Å². The molecule has 8 heteroatoms. The zero-order chi connectivity index (χ0) is 24.2. The molecule has 6 nitrogen and oxygen atoms in total. The standard InChI is InChI=1S/C26H34Cl2N4O2/c1-4-22-17-31(25-24(28)14-20(15-29-25)26(33)34-3)11-12-32(22)23-7-9-30(10-8-23)16-19-5-6-21(27)13-18(19)2/h5-6,13-15,22-23H,4,7-12,16-17H2,1-3H3/t22-/m0/s1. The number of benzene rings is 1. The Morgan fingerprint density at radius 2 is 1.91 bits per heavy atom. The van der Waals surface area contributed by atoms with E-state index in [4.69, 9.17) is 27.9 Å². The van der Waals surface area contributed by atoms with Crippen molar-refractivity contribution in [3.05, 3.63) is 57.2 Å². The Balaban J connectivity index is 1.34. The van der Waals surface area contributed by atoms with E-state index in [1.165, 1.54) is 31.1 Å². The summed E-state index contributed by atoms with van der Waals surface area (Å²) >= 11 is 12.6. The molecule has 0 spiro atoms. The molecule has 184 valence electrons. The Kier molecular flexibility index (Phi) is 8.35. The summed E-state index contributed by atoms with van der Waals surface area (Å²) in [6.07, 6.45) is 5.02. The molecule has 3 heterocycles. The van der Waals surface area contributed by atoms with Gasteiger partial charge in [-0.05, 0) is 68.6 Å². The number of pyridine rings is 1. The maximum absolute atomic E-state index is 11.8. The van der Waals surface area contributed by atoms with Crippen molar-refractivity contribution in [2.75, 3.05) is 44.7 Å². The lowest BCUT2D eigenvalue weighted by molar-refractivity contribution is 0.0598. The first kappa shape index (κ1) is 25.2. The number of likely N-dealkylation sites (tertiary alicyclic amines) is 1. The number of anilines is 1. The second-order valence-corrected chi connectivity index (χ2v) is 10.2. The molecule has 4 rings (SSSR count). The number of aryl methyl sites for hydroxylation is 1. The summed E-state index contributed by atoms with van der Waals surface area (Å²) in [7, 11) is 1.36. The topological polar surface area (TPSA) is 48.9 Å². The molecule has 2 aliphatic heterocycles. The molecule has 0 bridgehead atoms. The van der Waals surface area contributed by atoms with Crippen LogP contribution in [0.5, 0.6) is 0 Å². The van der Waals surface area contributed by atoms with Crippen molar-refractivity contribution in [2.24, 2.45) is 0 Å². The van der Waals surface area contributed by atoms with Crippen LogP contribution in [0.25, 0.3) is 0 Å². The van der Waals surface area contributed by atoms with Crippen molar-refractivity contribution in [1.82, 2.24) is 14.8 Å². The number of piperazine rings is 1. The predicted octanol–water partition coefficient (Wildman–Crippen LogP) is 5.05. The van der Waals surface area contributed by atoms with Crippen LogP contribution in [0.3, 0.4) is 0 Å². The van der Waals surface area contributed by atoms with Gasteiger partial charge in [-0.25, -0.2) is 9.78 Å². The first-order chi connectivity index (χ1) is 16.4. The fourth-order valence-corrected chi connectivity index (χ4v) is 5.80. The van der Waals surface area contributed by atoms with Gasteiger partial charge in [-0.1, -0.05) is 36.2 Å². The largest absolute Gasteiger partial charge is 0.465 e. The predicted molar refractivity (Wildman–Crippen MR) is 138 cm³/mol. The molecule has 1 aromatic heterocycles. The van der Waals surface area contributed by atoms with E-state index in [0.717, 1.165) is 56.5 Å². The molecule has 1 atom stereocenters. The lowest BCUT2D eigenvalue weighted by Gasteiger charge is -2.47. The quantitative estimate of drug-likeness (QED) is 0.513. The third-order valence-electron chi connectivity index (χ3n) is 7.27. The summed E-state index contributed by atoms with van der Waals surface area (Å²) < 4.78 is 4.78. The first-order valence-corrected chi connectivity index (χ1v) is 12.9. The molecule has 0 N–H and O–H groups in total. The normalized spacial score (nSPS) is 20.5. The van der Waals surface area contributed by atoms with Crippen LogP contribution in [-0.2, 0) is 11.3 Å². The van der Waals surface area contributed by atoms with Crippen molar-refractivity contribution in [3.8, 4) is 0 Å². The van der Waals surface area contributed by atoms with Crippen LogP contribution in [0.4, 0.5) is 5.82 Å². The lowest BCUT2D eigenvalue weighted by atomic mass is 9.97. The van der Waals surface area contributed by atoms with E-state index in [1.54, 1.807) is 12.3 Å². The van der Waals surface area contributed by atoms with Crippen LogP contribution in [0, 0.1) is 6.92 Å². The van der Waals surface area contributed by atoms with Gasteiger partial charge in [0.2, 0.25) is 0 Å². The summed E-state index contributed by atoms with van der Waals surface area (Å²) in [6.45, 7) is 10.4. The first-order valence-electron chi connectivity index (χ1n) is 12.1. The van der Waals surface area contributed by atoms with Crippen molar-refractivity contribution >= 4 is 35.0 Å². The Labute approximate surface area is 212 Å². The van der Waals surface area contributed by atoms with Crippen LogP contribution in [0.15, 0.2) is 30.5 Å². The minimum atomic E-state index is -0.422. The number of rotatable bonds is 6. The molecule has 2 aromatic rings. The molecule has 0 radical (unpaired) electrons. The maximum Gasteiger partial charge on any atom is 0.339 e. The van der Waals surface area contributed by atoms with Crippen LogP contribution >= 0.6 is 23.2 Å².